The average Bonchev–Trinajstić information content (AvgIpc) is 2.66. The Morgan fingerprint density at radius 1 is 1.56 bits per heavy atom. The second-order valence-electron chi connectivity index (χ2n) is 3.14. The van der Waals surface area contributed by atoms with Gasteiger partial charge in [-0.05, 0) is 6.42 Å². The lowest BCUT2D eigenvalue weighted by Gasteiger charge is -1.93. The summed E-state index contributed by atoms with van der Waals surface area (Å²) in [7, 11) is 1.57. The molecule has 0 bridgehead atoms. The zero-order valence-corrected chi connectivity index (χ0v) is 8.78. The van der Waals surface area contributed by atoms with Crippen LogP contribution in [-0.4, -0.2) is 36.1 Å². The van der Waals surface area contributed by atoms with Crippen LogP contribution in [0.1, 0.15) is 18.1 Å². The molecule has 0 saturated heterocycles. The average molecular weight is 234 g/mol. The van der Waals surface area contributed by atoms with Crippen molar-refractivity contribution in [2.75, 3.05) is 13.7 Å². The second kappa shape index (κ2) is 6.26. The van der Waals surface area contributed by atoms with Crippen LogP contribution in [-0.2, 0) is 22.4 Å². The number of aryl methyl sites for hydroxylation is 1. The Hall–Kier alpha value is -1.37. The normalized spacial score (nSPS) is 11.0. The van der Waals surface area contributed by atoms with Crippen molar-refractivity contribution >= 4 is 5.78 Å². The second-order valence-corrected chi connectivity index (χ2v) is 3.14. The Bertz CT molecular complexity index is 341. The molecule has 1 heterocycles. The van der Waals surface area contributed by atoms with E-state index in [0.29, 0.717) is 25.3 Å². The van der Waals surface area contributed by atoms with Gasteiger partial charge in [0.25, 0.3) is 6.43 Å². The van der Waals surface area contributed by atoms with E-state index in [-0.39, 0.29) is 5.89 Å². The Morgan fingerprint density at radius 2 is 2.31 bits per heavy atom. The molecule has 90 valence electrons. The van der Waals surface area contributed by atoms with Crippen molar-refractivity contribution in [3.63, 3.8) is 0 Å². The number of ether oxygens (including phenoxy) is 1. The molecule has 0 atom stereocenters. The molecule has 0 amide bonds. The third-order valence-corrected chi connectivity index (χ3v) is 1.83. The summed E-state index contributed by atoms with van der Waals surface area (Å²) in [6.07, 6.45) is -2.28. The molecule has 1 aromatic rings. The number of Topliss-reactive ketones (excluding diaryl/α,β-unsaturated/α-hetero) is 1. The topological polar surface area (TPSA) is 65.2 Å². The number of carbonyl (C=O) groups excluding carboxylic acids is 1. The van der Waals surface area contributed by atoms with Gasteiger partial charge in [0, 0.05) is 20.1 Å². The molecular formula is C9H12F2N2O3. The van der Waals surface area contributed by atoms with Crippen LogP contribution in [0.15, 0.2) is 4.52 Å². The van der Waals surface area contributed by atoms with Crippen LogP contribution in [0.5, 0.6) is 0 Å². The lowest BCUT2D eigenvalue weighted by Crippen LogP contribution is -2.13. The van der Waals surface area contributed by atoms with Crippen molar-refractivity contribution in [2.24, 2.45) is 0 Å². The fourth-order valence-corrected chi connectivity index (χ4v) is 1.06. The van der Waals surface area contributed by atoms with Crippen LogP contribution < -0.4 is 0 Å². The van der Waals surface area contributed by atoms with Gasteiger partial charge in [-0.15, -0.1) is 0 Å². The number of halogens is 2. The molecule has 0 aliphatic heterocycles. The first-order valence-electron chi connectivity index (χ1n) is 4.74. The first-order chi connectivity index (χ1) is 7.63. The fraction of sp³-hybridized carbons (Fsp3) is 0.667. The van der Waals surface area contributed by atoms with Gasteiger partial charge in [0.2, 0.25) is 11.7 Å². The molecule has 0 aromatic carbocycles. The number of ketones is 1. The van der Waals surface area contributed by atoms with Crippen LogP contribution >= 0.6 is 0 Å². The predicted molar refractivity (Wildman–Crippen MR) is 49.2 cm³/mol. The molecule has 0 saturated carbocycles. The highest BCUT2D eigenvalue weighted by atomic mass is 19.3. The molecule has 1 rings (SSSR count). The van der Waals surface area contributed by atoms with Gasteiger partial charge in [-0.1, -0.05) is 5.16 Å². The van der Waals surface area contributed by atoms with Gasteiger partial charge in [0.15, 0.2) is 5.82 Å². The zero-order chi connectivity index (χ0) is 12.0. The van der Waals surface area contributed by atoms with E-state index in [1.165, 1.54) is 0 Å². The number of aromatic nitrogens is 2. The number of nitrogens with zero attached hydrogens (tertiary/aromatic N) is 2. The maximum absolute atomic E-state index is 11.9. The van der Waals surface area contributed by atoms with E-state index < -0.39 is 18.6 Å². The smallest absolute Gasteiger partial charge is 0.296 e. The van der Waals surface area contributed by atoms with E-state index in [0.717, 1.165) is 0 Å². The van der Waals surface area contributed by atoms with Crippen molar-refractivity contribution in [1.82, 2.24) is 10.1 Å². The highest BCUT2D eigenvalue weighted by Crippen LogP contribution is 2.05. The SMILES string of the molecule is COCCCc1noc(CC(=O)C(F)F)n1. The summed E-state index contributed by atoms with van der Waals surface area (Å²) < 4.78 is 33.3. The van der Waals surface area contributed by atoms with E-state index >= 15 is 0 Å². The Morgan fingerprint density at radius 3 is 2.94 bits per heavy atom. The molecule has 0 unspecified atom stereocenters. The molecule has 7 heteroatoms. The van der Waals surface area contributed by atoms with Crippen LogP contribution in [0.2, 0.25) is 0 Å². The maximum Gasteiger partial charge on any atom is 0.296 e. The molecule has 0 radical (unpaired) electrons. The summed E-state index contributed by atoms with van der Waals surface area (Å²) in [6.45, 7) is 0.555. The van der Waals surface area contributed by atoms with Gasteiger partial charge in [-0.2, -0.15) is 4.98 Å². The highest BCUT2D eigenvalue weighted by molar-refractivity contribution is 5.82. The maximum atomic E-state index is 11.9. The number of hydrogen-bond acceptors (Lipinski definition) is 5. The molecule has 0 aliphatic rings. The summed E-state index contributed by atoms with van der Waals surface area (Å²) in [6, 6.07) is 0. The standard InChI is InChI=1S/C9H12F2N2O3/c1-15-4-2-3-7-12-8(16-13-7)5-6(14)9(10)11/h9H,2-5H2,1H3. The molecular weight excluding hydrogens is 222 g/mol. The monoisotopic (exact) mass is 234 g/mol. The Balaban J connectivity index is 2.42. The summed E-state index contributed by atoms with van der Waals surface area (Å²) in [5.41, 5.74) is 0. The Kier molecular flexibility index (Phi) is 4.97. The van der Waals surface area contributed by atoms with Crippen molar-refractivity contribution in [1.29, 1.82) is 0 Å². The number of alkyl halides is 2. The molecule has 0 aliphatic carbocycles. The molecule has 5 nitrogen and oxygen atoms in total. The Labute approximate surface area is 90.8 Å². The van der Waals surface area contributed by atoms with Crippen LogP contribution in [0.4, 0.5) is 8.78 Å². The van der Waals surface area contributed by atoms with E-state index in [1.54, 1.807) is 7.11 Å². The lowest BCUT2D eigenvalue weighted by atomic mass is 10.3. The van der Waals surface area contributed by atoms with Gasteiger partial charge >= 0.3 is 0 Å². The third-order valence-electron chi connectivity index (χ3n) is 1.83. The highest BCUT2D eigenvalue weighted by Gasteiger charge is 2.19. The summed E-state index contributed by atoms with van der Waals surface area (Å²) in [4.78, 5) is 14.5. The van der Waals surface area contributed by atoms with Crippen LogP contribution in [0.3, 0.4) is 0 Å². The first-order valence-corrected chi connectivity index (χ1v) is 4.74. The van der Waals surface area contributed by atoms with Crippen molar-refractivity contribution in [3.8, 4) is 0 Å². The summed E-state index contributed by atoms with van der Waals surface area (Å²) in [5, 5.41) is 3.56. The fourth-order valence-electron chi connectivity index (χ4n) is 1.06. The van der Waals surface area contributed by atoms with Gasteiger partial charge < -0.3 is 9.26 Å². The summed E-state index contributed by atoms with van der Waals surface area (Å²) in [5.74, 6) is -0.890. The van der Waals surface area contributed by atoms with Gasteiger partial charge in [-0.25, -0.2) is 8.78 Å². The first kappa shape index (κ1) is 12.7. The molecule has 0 fully saturated rings. The van der Waals surface area contributed by atoms with E-state index in [1.807, 2.05) is 0 Å². The van der Waals surface area contributed by atoms with Gasteiger partial charge in [-0.3, -0.25) is 4.79 Å². The quantitative estimate of drug-likeness (QED) is 0.659. The molecule has 16 heavy (non-hydrogen) atoms. The van der Waals surface area contributed by atoms with E-state index in [2.05, 4.69) is 14.7 Å². The largest absolute Gasteiger partial charge is 0.385 e. The molecule has 0 N–H and O–H groups in total. The molecule has 0 spiro atoms. The van der Waals surface area contributed by atoms with E-state index in [9.17, 15) is 13.6 Å². The van der Waals surface area contributed by atoms with Crippen LogP contribution in [0, 0.1) is 0 Å². The molecule has 1 aromatic heterocycles. The lowest BCUT2D eigenvalue weighted by molar-refractivity contribution is -0.129. The van der Waals surface area contributed by atoms with Crippen molar-refractivity contribution < 1.29 is 22.8 Å². The minimum atomic E-state index is -3.00. The minimum absolute atomic E-state index is 0.0716. The minimum Gasteiger partial charge on any atom is -0.385 e. The van der Waals surface area contributed by atoms with Crippen molar-refractivity contribution in [2.45, 2.75) is 25.7 Å². The van der Waals surface area contributed by atoms with Gasteiger partial charge in [0.05, 0.1) is 6.42 Å². The summed E-state index contributed by atoms with van der Waals surface area (Å²) >= 11 is 0. The zero-order valence-electron chi connectivity index (χ0n) is 8.78. The third kappa shape index (κ3) is 4.01. The number of rotatable bonds is 7. The van der Waals surface area contributed by atoms with Crippen molar-refractivity contribution in [3.05, 3.63) is 11.7 Å². The van der Waals surface area contributed by atoms with Crippen LogP contribution in [0.25, 0.3) is 0 Å². The predicted octanol–water partition coefficient (Wildman–Crippen LogP) is 1.03. The van der Waals surface area contributed by atoms with E-state index in [4.69, 9.17) is 4.74 Å². The van der Waals surface area contributed by atoms with Gasteiger partial charge in [0.1, 0.15) is 0 Å². The number of hydrogen-bond donors (Lipinski definition) is 0. The number of methoxy groups -OCH3 is 1. The number of carbonyl (C=O) groups is 1.